The van der Waals surface area contributed by atoms with Gasteiger partial charge in [0.15, 0.2) is 6.04 Å². The van der Waals surface area contributed by atoms with Gasteiger partial charge in [0.1, 0.15) is 11.9 Å². The third-order valence-electron chi connectivity index (χ3n) is 2.75. The van der Waals surface area contributed by atoms with E-state index in [0.717, 1.165) is 0 Å². The summed E-state index contributed by atoms with van der Waals surface area (Å²) in [4.78, 5) is 16.0. The number of aromatic hydroxyl groups is 1. The van der Waals surface area contributed by atoms with Gasteiger partial charge in [0.2, 0.25) is 11.8 Å². The van der Waals surface area contributed by atoms with Gasteiger partial charge in [0.05, 0.1) is 5.56 Å². The number of nitrogens with zero attached hydrogens (tertiary/aromatic N) is 1. The number of phenolic OH excluding ortho intramolecular Hbond substituents is 1. The minimum absolute atomic E-state index is 0.0972. The van der Waals surface area contributed by atoms with Crippen molar-refractivity contribution in [3.8, 4) is 5.75 Å². The van der Waals surface area contributed by atoms with E-state index in [1.807, 2.05) is 6.92 Å². The van der Waals surface area contributed by atoms with E-state index in [1.165, 1.54) is 0 Å². The number of carbonyl (C=O) groups excluding carboxylic acids is 1. The average molecular weight is 248 g/mol. The smallest absolute Gasteiger partial charge is 0.248 e. The average Bonchev–Trinajstić information content (AvgIpc) is 2.72. The summed E-state index contributed by atoms with van der Waals surface area (Å²) in [5.41, 5.74) is 0.510. The van der Waals surface area contributed by atoms with Gasteiger partial charge in [-0.1, -0.05) is 12.1 Å². The predicted molar refractivity (Wildman–Crippen MR) is 67.7 cm³/mol. The van der Waals surface area contributed by atoms with Crippen LogP contribution in [0.5, 0.6) is 5.75 Å². The van der Waals surface area contributed by atoms with E-state index in [9.17, 15) is 9.90 Å². The zero-order valence-corrected chi connectivity index (χ0v) is 10.4. The van der Waals surface area contributed by atoms with Crippen molar-refractivity contribution in [2.45, 2.75) is 26.0 Å². The number of rotatable bonds is 3. The van der Waals surface area contributed by atoms with Gasteiger partial charge < -0.3 is 15.2 Å². The molecular weight excluding hydrogens is 232 g/mol. The number of hydrogen-bond donors (Lipinski definition) is 2. The second-order valence-electron chi connectivity index (χ2n) is 4.11. The van der Waals surface area contributed by atoms with Gasteiger partial charge in [-0.2, -0.15) is 0 Å². The molecule has 0 saturated heterocycles. The summed E-state index contributed by atoms with van der Waals surface area (Å²) in [6.45, 7) is 4.20. The van der Waals surface area contributed by atoms with E-state index in [-0.39, 0.29) is 17.8 Å². The number of para-hydroxylation sites is 1. The molecule has 0 fully saturated rings. The number of aliphatic imine (C=N–C) groups is 1. The van der Waals surface area contributed by atoms with Gasteiger partial charge in [-0.25, -0.2) is 4.99 Å². The normalized spacial score (nSPS) is 22.2. The number of carbonyl (C=O) groups is 1. The summed E-state index contributed by atoms with van der Waals surface area (Å²) >= 11 is 0. The van der Waals surface area contributed by atoms with Crippen molar-refractivity contribution in [3.05, 3.63) is 29.8 Å². The lowest BCUT2D eigenvalue weighted by molar-refractivity contribution is -0.123. The molecule has 1 aliphatic heterocycles. The Kier molecular flexibility index (Phi) is 3.50. The molecule has 96 valence electrons. The number of ether oxygens (including phenoxy) is 1. The summed E-state index contributed by atoms with van der Waals surface area (Å²) in [5.74, 6) is 0.257. The maximum atomic E-state index is 11.8. The molecule has 0 bridgehead atoms. The highest BCUT2D eigenvalue weighted by Gasteiger charge is 2.34. The van der Waals surface area contributed by atoms with Crippen LogP contribution < -0.4 is 5.32 Å². The van der Waals surface area contributed by atoms with E-state index in [4.69, 9.17) is 4.74 Å². The van der Waals surface area contributed by atoms with Crippen LogP contribution >= 0.6 is 0 Å². The Hall–Kier alpha value is -2.04. The Bertz CT molecular complexity index is 485. The fraction of sp³-hybridized carbons (Fsp3) is 0.385. The Morgan fingerprint density at radius 3 is 2.89 bits per heavy atom. The first-order chi connectivity index (χ1) is 8.63. The number of likely N-dealkylation sites (N-methyl/N-ethyl adjacent to an activating group) is 1. The van der Waals surface area contributed by atoms with Crippen LogP contribution in [0.25, 0.3) is 0 Å². The largest absolute Gasteiger partial charge is 0.507 e. The highest BCUT2D eigenvalue weighted by molar-refractivity contribution is 6.00. The molecule has 0 saturated carbocycles. The highest BCUT2D eigenvalue weighted by atomic mass is 16.5. The fourth-order valence-corrected chi connectivity index (χ4v) is 1.84. The molecule has 0 aromatic heterocycles. The van der Waals surface area contributed by atoms with Crippen molar-refractivity contribution in [2.75, 3.05) is 6.54 Å². The Labute approximate surface area is 105 Å². The zero-order chi connectivity index (χ0) is 13.1. The van der Waals surface area contributed by atoms with Crippen LogP contribution in [0, 0.1) is 0 Å². The third kappa shape index (κ3) is 2.30. The summed E-state index contributed by atoms with van der Waals surface area (Å²) in [5, 5.41) is 12.4. The molecule has 0 radical (unpaired) electrons. The standard InChI is InChI=1S/C13H16N2O3/c1-3-14-12(17)11-8(2)18-13(15-11)9-6-4-5-7-10(9)16/h4-8,11,16H,3H2,1-2H3,(H,14,17)/t8-,11-/m1/s1. The first kappa shape index (κ1) is 12.4. The fourth-order valence-electron chi connectivity index (χ4n) is 1.84. The van der Waals surface area contributed by atoms with E-state index in [2.05, 4.69) is 10.3 Å². The summed E-state index contributed by atoms with van der Waals surface area (Å²) < 4.78 is 5.54. The predicted octanol–water partition coefficient (Wildman–Crippen LogP) is 1.06. The molecule has 1 aromatic carbocycles. The monoisotopic (exact) mass is 248 g/mol. The number of nitrogens with one attached hydrogen (secondary N) is 1. The molecule has 5 heteroatoms. The molecule has 0 aliphatic carbocycles. The molecule has 18 heavy (non-hydrogen) atoms. The lowest BCUT2D eigenvalue weighted by atomic mass is 10.2. The minimum atomic E-state index is -0.556. The molecule has 0 spiro atoms. The van der Waals surface area contributed by atoms with Crippen molar-refractivity contribution in [3.63, 3.8) is 0 Å². The Morgan fingerprint density at radius 1 is 1.50 bits per heavy atom. The van der Waals surface area contributed by atoms with E-state index in [0.29, 0.717) is 18.0 Å². The number of benzene rings is 1. The molecule has 1 amide bonds. The molecule has 1 aliphatic rings. The van der Waals surface area contributed by atoms with Crippen LogP contribution in [0.15, 0.2) is 29.3 Å². The highest BCUT2D eigenvalue weighted by Crippen LogP contribution is 2.23. The lowest BCUT2D eigenvalue weighted by Gasteiger charge is -2.11. The maximum absolute atomic E-state index is 11.8. The second kappa shape index (κ2) is 5.08. The Morgan fingerprint density at radius 2 is 2.22 bits per heavy atom. The summed E-state index contributed by atoms with van der Waals surface area (Å²) in [6.07, 6.45) is -0.328. The van der Waals surface area contributed by atoms with Crippen LogP contribution in [0.1, 0.15) is 19.4 Å². The first-order valence-electron chi connectivity index (χ1n) is 5.94. The number of hydrogen-bond acceptors (Lipinski definition) is 4. The molecule has 1 heterocycles. The minimum Gasteiger partial charge on any atom is -0.507 e. The number of amides is 1. The molecular formula is C13H16N2O3. The van der Waals surface area contributed by atoms with Gasteiger partial charge in [0, 0.05) is 6.54 Å². The van der Waals surface area contributed by atoms with E-state index >= 15 is 0 Å². The summed E-state index contributed by atoms with van der Waals surface area (Å²) in [7, 11) is 0. The molecule has 5 nitrogen and oxygen atoms in total. The Balaban J connectivity index is 2.24. The quantitative estimate of drug-likeness (QED) is 0.840. The molecule has 0 unspecified atom stereocenters. The number of phenols is 1. The first-order valence-corrected chi connectivity index (χ1v) is 5.94. The van der Waals surface area contributed by atoms with Gasteiger partial charge >= 0.3 is 0 Å². The SMILES string of the molecule is CCNC(=O)[C@@H]1N=C(c2ccccc2O)O[C@@H]1C. The van der Waals surface area contributed by atoms with Crippen LogP contribution in [0.3, 0.4) is 0 Å². The lowest BCUT2D eigenvalue weighted by Crippen LogP contribution is -2.38. The van der Waals surface area contributed by atoms with E-state index < -0.39 is 6.04 Å². The summed E-state index contributed by atoms with van der Waals surface area (Å²) in [6, 6.07) is 6.22. The van der Waals surface area contributed by atoms with Crippen molar-refractivity contribution in [2.24, 2.45) is 4.99 Å². The van der Waals surface area contributed by atoms with Crippen LogP contribution in [-0.2, 0) is 9.53 Å². The van der Waals surface area contributed by atoms with Crippen molar-refractivity contribution < 1.29 is 14.6 Å². The van der Waals surface area contributed by atoms with Crippen molar-refractivity contribution in [1.29, 1.82) is 0 Å². The van der Waals surface area contributed by atoms with Crippen molar-refractivity contribution >= 4 is 11.8 Å². The van der Waals surface area contributed by atoms with Crippen LogP contribution in [-0.4, -0.2) is 35.6 Å². The van der Waals surface area contributed by atoms with Gasteiger partial charge in [-0.05, 0) is 26.0 Å². The van der Waals surface area contributed by atoms with Gasteiger partial charge in [0.25, 0.3) is 0 Å². The topological polar surface area (TPSA) is 70.9 Å². The molecule has 2 atom stereocenters. The van der Waals surface area contributed by atoms with Gasteiger partial charge in [-0.3, -0.25) is 4.79 Å². The van der Waals surface area contributed by atoms with Crippen LogP contribution in [0.2, 0.25) is 0 Å². The molecule has 2 rings (SSSR count). The van der Waals surface area contributed by atoms with Crippen LogP contribution in [0.4, 0.5) is 0 Å². The molecule has 2 N–H and O–H groups in total. The maximum Gasteiger partial charge on any atom is 0.248 e. The zero-order valence-electron chi connectivity index (χ0n) is 10.4. The third-order valence-corrected chi connectivity index (χ3v) is 2.75. The second-order valence-corrected chi connectivity index (χ2v) is 4.11. The van der Waals surface area contributed by atoms with Gasteiger partial charge in [-0.15, -0.1) is 0 Å². The molecule has 1 aromatic rings. The van der Waals surface area contributed by atoms with E-state index in [1.54, 1.807) is 31.2 Å². The van der Waals surface area contributed by atoms with Crippen molar-refractivity contribution in [1.82, 2.24) is 5.32 Å².